The molecule has 1 aliphatic rings. The van der Waals surface area contributed by atoms with Gasteiger partial charge < -0.3 is 4.90 Å². The number of hydrogen-bond acceptors (Lipinski definition) is 2. The highest BCUT2D eigenvalue weighted by Gasteiger charge is 2.25. The highest BCUT2D eigenvalue weighted by Crippen LogP contribution is 2.25. The van der Waals surface area contributed by atoms with E-state index in [4.69, 9.17) is 11.6 Å². The number of nitrogens with zero attached hydrogens (tertiary/aromatic N) is 1. The summed E-state index contributed by atoms with van der Waals surface area (Å²) in [6.45, 7) is 3.76. The first-order chi connectivity index (χ1) is 9.16. The van der Waals surface area contributed by atoms with Gasteiger partial charge >= 0.3 is 0 Å². The number of rotatable bonds is 4. The van der Waals surface area contributed by atoms with Gasteiger partial charge in [-0.1, -0.05) is 18.2 Å². The van der Waals surface area contributed by atoms with Crippen LogP contribution in [0.5, 0.6) is 0 Å². The molecule has 1 aromatic rings. The summed E-state index contributed by atoms with van der Waals surface area (Å²) in [5, 5.41) is 0.218. The number of alkyl halides is 1. The van der Waals surface area contributed by atoms with Crippen LogP contribution in [0, 0.1) is 5.92 Å². The summed E-state index contributed by atoms with van der Waals surface area (Å²) in [6, 6.07) is 10.1. The lowest BCUT2D eigenvalue weighted by atomic mass is 9.94. The summed E-state index contributed by atoms with van der Waals surface area (Å²) in [4.78, 5) is 15.3. The quantitative estimate of drug-likeness (QED) is 0.624. The molecule has 2 nitrogen and oxygen atoms in total. The Balaban J connectivity index is 1.76. The minimum atomic E-state index is 0.218. The van der Waals surface area contributed by atoms with Crippen LogP contribution in [0.15, 0.2) is 35.2 Å². The minimum Gasteiger partial charge on any atom is -0.342 e. The van der Waals surface area contributed by atoms with Gasteiger partial charge in [0.25, 0.3) is 0 Å². The first-order valence-electron chi connectivity index (χ1n) is 6.76. The van der Waals surface area contributed by atoms with Crippen LogP contribution >= 0.6 is 23.4 Å². The molecule has 1 atom stereocenters. The molecule has 1 unspecified atom stereocenters. The minimum absolute atomic E-state index is 0.218. The molecule has 1 saturated heterocycles. The van der Waals surface area contributed by atoms with Crippen molar-refractivity contribution in [3.63, 3.8) is 0 Å². The van der Waals surface area contributed by atoms with Gasteiger partial charge in [-0.3, -0.25) is 4.79 Å². The highest BCUT2D eigenvalue weighted by molar-refractivity contribution is 8.00. The van der Waals surface area contributed by atoms with Gasteiger partial charge in [-0.2, -0.15) is 0 Å². The van der Waals surface area contributed by atoms with Crippen LogP contribution in [0.25, 0.3) is 0 Å². The third-order valence-corrected chi connectivity index (χ3v) is 5.00. The van der Waals surface area contributed by atoms with E-state index < -0.39 is 0 Å². The summed E-state index contributed by atoms with van der Waals surface area (Å²) in [5.41, 5.74) is 0. The van der Waals surface area contributed by atoms with E-state index in [0.29, 0.717) is 11.7 Å². The summed E-state index contributed by atoms with van der Waals surface area (Å²) in [5.74, 6) is 1.34. The number of likely N-dealkylation sites (tertiary alicyclic amines) is 1. The van der Waals surface area contributed by atoms with Crippen molar-refractivity contribution in [3.05, 3.63) is 30.3 Å². The highest BCUT2D eigenvalue weighted by atomic mass is 35.5. The van der Waals surface area contributed by atoms with Gasteiger partial charge in [0.1, 0.15) is 0 Å². The molecular weight excluding hydrogens is 278 g/mol. The third-order valence-electron chi connectivity index (χ3n) is 3.65. The average Bonchev–Trinajstić information content (AvgIpc) is 2.46. The van der Waals surface area contributed by atoms with E-state index in [1.807, 2.05) is 35.2 Å². The second-order valence-corrected chi connectivity index (χ2v) is 6.73. The van der Waals surface area contributed by atoms with Gasteiger partial charge in [-0.05, 0) is 37.8 Å². The second-order valence-electron chi connectivity index (χ2n) is 5.00. The molecule has 1 amide bonds. The van der Waals surface area contributed by atoms with E-state index in [-0.39, 0.29) is 11.3 Å². The van der Waals surface area contributed by atoms with Crippen molar-refractivity contribution in [3.8, 4) is 0 Å². The molecule has 0 bridgehead atoms. The number of hydrogen-bond donors (Lipinski definition) is 0. The number of amides is 1. The van der Waals surface area contributed by atoms with Gasteiger partial charge in [-0.25, -0.2) is 0 Å². The molecular formula is C15H20ClNOS. The Labute approximate surface area is 124 Å². The Morgan fingerprint density at radius 1 is 1.37 bits per heavy atom. The molecule has 1 aliphatic heterocycles. The molecule has 0 spiro atoms. The van der Waals surface area contributed by atoms with Gasteiger partial charge in [0, 0.05) is 23.4 Å². The normalized spacial score (nSPS) is 18.3. The molecule has 0 aliphatic carbocycles. The van der Waals surface area contributed by atoms with Crippen LogP contribution in [0.2, 0.25) is 0 Å². The van der Waals surface area contributed by atoms with Crippen molar-refractivity contribution in [2.45, 2.75) is 30.0 Å². The molecule has 1 aromatic carbocycles. The first-order valence-corrected chi connectivity index (χ1v) is 8.18. The first kappa shape index (κ1) is 14.7. The Morgan fingerprint density at radius 2 is 2.00 bits per heavy atom. The van der Waals surface area contributed by atoms with E-state index in [1.54, 1.807) is 11.8 Å². The SMILES string of the molecule is CC(Cl)C1CCN(C(=O)CSc2ccccc2)CC1. The lowest BCUT2D eigenvalue weighted by Crippen LogP contribution is -2.40. The summed E-state index contributed by atoms with van der Waals surface area (Å²) >= 11 is 7.73. The molecule has 0 radical (unpaired) electrons. The number of carbonyl (C=O) groups is 1. The Bertz CT molecular complexity index is 402. The molecule has 4 heteroatoms. The number of carbonyl (C=O) groups excluding carboxylic acids is 1. The summed E-state index contributed by atoms with van der Waals surface area (Å²) in [7, 11) is 0. The molecule has 0 saturated carbocycles. The standard InChI is InChI=1S/C15H20ClNOS/c1-12(16)13-7-9-17(10-8-13)15(18)11-19-14-5-3-2-4-6-14/h2-6,12-13H,7-11H2,1H3. The largest absolute Gasteiger partial charge is 0.342 e. The maximum absolute atomic E-state index is 12.1. The fraction of sp³-hybridized carbons (Fsp3) is 0.533. The van der Waals surface area contributed by atoms with E-state index in [0.717, 1.165) is 30.8 Å². The lowest BCUT2D eigenvalue weighted by molar-refractivity contribution is -0.129. The maximum atomic E-state index is 12.1. The number of thioether (sulfide) groups is 1. The number of piperidine rings is 1. The third kappa shape index (κ3) is 4.43. The molecule has 2 rings (SSSR count). The van der Waals surface area contributed by atoms with Crippen LogP contribution in [-0.2, 0) is 4.79 Å². The van der Waals surface area contributed by atoms with Gasteiger partial charge in [-0.15, -0.1) is 23.4 Å². The van der Waals surface area contributed by atoms with Crippen molar-refractivity contribution < 1.29 is 4.79 Å². The monoisotopic (exact) mass is 297 g/mol. The Kier molecular flexibility index (Phi) is 5.59. The van der Waals surface area contributed by atoms with E-state index in [2.05, 4.69) is 6.92 Å². The zero-order chi connectivity index (χ0) is 13.7. The van der Waals surface area contributed by atoms with Gasteiger partial charge in [0.15, 0.2) is 0 Å². The summed E-state index contributed by atoms with van der Waals surface area (Å²) in [6.07, 6.45) is 2.07. The lowest BCUT2D eigenvalue weighted by Gasteiger charge is -2.33. The fourth-order valence-electron chi connectivity index (χ4n) is 2.36. The van der Waals surface area contributed by atoms with E-state index in [9.17, 15) is 4.79 Å². The Morgan fingerprint density at radius 3 is 2.58 bits per heavy atom. The molecule has 104 valence electrons. The molecule has 0 N–H and O–H groups in total. The molecule has 1 fully saturated rings. The van der Waals surface area contributed by atoms with Crippen LogP contribution in [0.4, 0.5) is 0 Å². The zero-order valence-corrected chi connectivity index (χ0v) is 12.8. The summed E-state index contributed by atoms with van der Waals surface area (Å²) < 4.78 is 0. The molecule has 19 heavy (non-hydrogen) atoms. The van der Waals surface area contributed by atoms with Crippen LogP contribution in [-0.4, -0.2) is 35.0 Å². The van der Waals surface area contributed by atoms with E-state index >= 15 is 0 Å². The predicted molar refractivity (Wildman–Crippen MR) is 81.8 cm³/mol. The zero-order valence-electron chi connectivity index (χ0n) is 11.2. The van der Waals surface area contributed by atoms with Crippen molar-refractivity contribution in [1.29, 1.82) is 0 Å². The smallest absolute Gasteiger partial charge is 0.232 e. The maximum Gasteiger partial charge on any atom is 0.232 e. The van der Waals surface area contributed by atoms with Crippen LogP contribution in [0.3, 0.4) is 0 Å². The number of halogens is 1. The van der Waals surface area contributed by atoms with Crippen LogP contribution in [0.1, 0.15) is 19.8 Å². The topological polar surface area (TPSA) is 20.3 Å². The fourth-order valence-corrected chi connectivity index (χ4v) is 3.44. The van der Waals surface area contributed by atoms with Crippen molar-refractivity contribution >= 4 is 29.3 Å². The molecule has 1 heterocycles. The van der Waals surface area contributed by atoms with Crippen molar-refractivity contribution in [2.24, 2.45) is 5.92 Å². The second kappa shape index (κ2) is 7.20. The number of benzene rings is 1. The van der Waals surface area contributed by atoms with Crippen molar-refractivity contribution in [2.75, 3.05) is 18.8 Å². The van der Waals surface area contributed by atoms with Gasteiger partial charge in [0.2, 0.25) is 5.91 Å². The average molecular weight is 298 g/mol. The van der Waals surface area contributed by atoms with Crippen LogP contribution < -0.4 is 0 Å². The van der Waals surface area contributed by atoms with E-state index in [1.165, 1.54) is 0 Å². The Hall–Kier alpha value is -0.670. The van der Waals surface area contributed by atoms with Crippen molar-refractivity contribution in [1.82, 2.24) is 4.90 Å². The van der Waals surface area contributed by atoms with Gasteiger partial charge in [0.05, 0.1) is 5.75 Å². The molecule has 0 aromatic heterocycles. The predicted octanol–water partition coefficient (Wildman–Crippen LogP) is 3.64.